The van der Waals surface area contributed by atoms with Crippen molar-refractivity contribution in [3.05, 3.63) is 23.9 Å². The van der Waals surface area contributed by atoms with Gasteiger partial charge in [-0.05, 0) is 31.5 Å². The third-order valence-electron chi connectivity index (χ3n) is 2.89. The fourth-order valence-electron chi connectivity index (χ4n) is 1.90. The fraction of sp³-hybridized carbons (Fsp3) is 0.583. The highest BCUT2D eigenvalue weighted by Gasteiger charge is 2.10. The number of hydrogen-bond acceptors (Lipinski definition) is 4. The predicted octanol–water partition coefficient (Wildman–Crippen LogP) is 1.01. The van der Waals surface area contributed by atoms with Gasteiger partial charge in [-0.25, -0.2) is 4.98 Å². The SMILES string of the molecule is NCc1ccc(OCCN2CCCC2)nc1. The van der Waals surface area contributed by atoms with Crippen LogP contribution in [0.5, 0.6) is 5.88 Å². The van der Waals surface area contributed by atoms with Crippen LogP contribution in [0, 0.1) is 0 Å². The fourth-order valence-corrected chi connectivity index (χ4v) is 1.90. The van der Waals surface area contributed by atoms with Crippen LogP contribution < -0.4 is 10.5 Å². The third-order valence-corrected chi connectivity index (χ3v) is 2.89. The topological polar surface area (TPSA) is 51.4 Å². The van der Waals surface area contributed by atoms with E-state index in [-0.39, 0.29) is 0 Å². The summed E-state index contributed by atoms with van der Waals surface area (Å²) in [6.45, 7) is 4.67. The lowest BCUT2D eigenvalue weighted by atomic mass is 10.3. The molecule has 1 aromatic rings. The Bertz CT molecular complexity index is 307. The molecule has 0 amide bonds. The molecule has 1 aromatic heterocycles. The van der Waals surface area contributed by atoms with Crippen molar-refractivity contribution in [1.82, 2.24) is 9.88 Å². The maximum Gasteiger partial charge on any atom is 0.213 e. The lowest BCUT2D eigenvalue weighted by Gasteiger charge is -2.14. The van der Waals surface area contributed by atoms with Crippen molar-refractivity contribution < 1.29 is 4.74 Å². The normalized spacial score (nSPS) is 16.6. The Kier molecular flexibility index (Phi) is 4.13. The summed E-state index contributed by atoms with van der Waals surface area (Å²) in [7, 11) is 0. The Morgan fingerprint density at radius 3 is 2.75 bits per heavy atom. The Morgan fingerprint density at radius 2 is 2.12 bits per heavy atom. The minimum Gasteiger partial charge on any atom is -0.476 e. The Morgan fingerprint density at radius 1 is 1.31 bits per heavy atom. The Hall–Kier alpha value is -1.13. The van der Waals surface area contributed by atoms with Gasteiger partial charge in [0, 0.05) is 25.4 Å². The van der Waals surface area contributed by atoms with E-state index in [1.807, 2.05) is 12.1 Å². The van der Waals surface area contributed by atoms with Crippen LogP contribution in [-0.4, -0.2) is 36.1 Å². The minimum absolute atomic E-state index is 0.529. The predicted molar refractivity (Wildman–Crippen MR) is 63.3 cm³/mol. The number of aromatic nitrogens is 1. The summed E-state index contributed by atoms with van der Waals surface area (Å²) in [6.07, 6.45) is 4.41. The van der Waals surface area contributed by atoms with E-state index >= 15 is 0 Å². The van der Waals surface area contributed by atoms with Gasteiger partial charge in [0.1, 0.15) is 6.61 Å². The highest BCUT2D eigenvalue weighted by molar-refractivity contribution is 5.17. The number of nitrogens with zero attached hydrogens (tertiary/aromatic N) is 2. The molecule has 0 saturated carbocycles. The second-order valence-electron chi connectivity index (χ2n) is 4.11. The number of hydrogen-bond donors (Lipinski definition) is 1. The standard InChI is InChI=1S/C12H19N3O/c13-9-11-3-4-12(14-10-11)16-8-7-15-5-1-2-6-15/h3-4,10H,1-2,5-9,13H2. The molecule has 88 valence electrons. The smallest absolute Gasteiger partial charge is 0.213 e. The average molecular weight is 221 g/mol. The highest BCUT2D eigenvalue weighted by atomic mass is 16.5. The molecule has 1 aliphatic rings. The number of rotatable bonds is 5. The van der Waals surface area contributed by atoms with Gasteiger partial charge in [0.05, 0.1) is 0 Å². The van der Waals surface area contributed by atoms with E-state index in [2.05, 4.69) is 9.88 Å². The van der Waals surface area contributed by atoms with Crippen LogP contribution in [0.2, 0.25) is 0 Å². The highest BCUT2D eigenvalue weighted by Crippen LogP contribution is 2.09. The maximum atomic E-state index is 5.57. The van der Waals surface area contributed by atoms with Crippen LogP contribution in [-0.2, 0) is 6.54 Å². The molecule has 1 fully saturated rings. The second kappa shape index (κ2) is 5.82. The van der Waals surface area contributed by atoms with Crippen molar-refractivity contribution in [2.75, 3.05) is 26.2 Å². The van der Waals surface area contributed by atoms with Gasteiger partial charge >= 0.3 is 0 Å². The van der Waals surface area contributed by atoms with E-state index in [9.17, 15) is 0 Å². The number of pyridine rings is 1. The molecule has 1 aliphatic heterocycles. The van der Waals surface area contributed by atoms with Crippen LogP contribution in [0.4, 0.5) is 0 Å². The molecule has 0 unspecified atom stereocenters. The molecule has 0 aliphatic carbocycles. The molecule has 1 saturated heterocycles. The first-order valence-corrected chi connectivity index (χ1v) is 5.88. The van der Waals surface area contributed by atoms with Crippen molar-refractivity contribution in [2.24, 2.45) is 5.73 Å². The van der Waals surface area contributed by atoms with E-state index in [0.717, 1.165) is 18.7 Å². The first kappa shape index (κ1) is 11.4. The molecule has 0 aromatic carbocycles. The van der Waals surface area contributed by atoms with Gasteiger partial charge in [0.15, 0.2) is 0 Å². The minimum atomic E-state index is 0.529. The second-order valence-corrected chi connectivity index (χ2v) is 4.11. The zero-order chi connectivity index (χ0) is 11.2. The van der Waals surface area contributed by atoms with Crippen LogP contribution in [0.3, 0.4) is 0 Å². The van der Waals surface area contributed by atoms with Gasteiger partial charge in [-0.2, -0.15) is 0 Å². The molecule has 0 spiro atoms. The molecule has 2 N–H and O–H groups in total. The number of nitrogens with two attached hydrogens (primary N) is 1. The molecular weight excluding hydrogens is 202 g/mol. The van der Waals surface area contributed by atoms with Crippen molar-refractivity contribution in [3.8, 4) is 5.88 Å². The molecule has 0 atom stereocenters. The lowest BCUT2D eigenvalue weighted by molar-refractivity contribution is 0.232. The first-order valence-electron chi connectivity index (χ1n) is 5.88. The number of likely N-dealkylation sites (tertiary alicyclic amines) is 1. The van der Waals surface area contributed by atoms with Gasteiger partial charge in [0.25, 0.3) is 0 Å². The molecule has 16 heavy (non-hydrogen) atoms. The van der Waals surface area contributed by atoms with Gasteiger partial charge in [0.2, 0.25) is 5.88 Å². The molecule has 2 rings (SSSR count). The zero-order valence-electron chi connectivity index (χ0n) is 9.56. The first-order chi connectivity index (χ1) is 7.88. The van der Waals surface area contributed by atoms with Crippen LogP contribution in [0.25, 0.3) is 0 Å². The zero-order valence-corrected chi connectivity index (χ0v) is 9.56. The Labute approximate surface area is 96.4 Å². The van der Waals surface area contributed by atoms with E-state index < -0.39 is 0 Å². The molecule has 2 heterocycles. The van der Waals surface area contributed by atoms with Crippen molar-refractivity contribution >= 4 is 0 Å². The summed E-state index contributed by atoms with van der Waals surface area (Å²) in [5.74, 6) is 0.691. The van der Waals surface area contributed by atoms with Gasteiger partial charge < -0.3 is 10.5 Å². The average Bonchev–Trinajstić information content (AvgIpc) is 2.83. The Balaban J connectivity index is 1.71. The summed E-state index contributed by atoms with van der Waals surface area (Å²) in [4.78, 5) is 6.62. The van der Waals surface area contributed by atoms with E-state index in [1.165, 1.54) is 25.9 Å². The van der Waals surface area contributed by atoms with Gasteiger partial charge in [-0.3, -0.25) is 4.90 Å². The van der Waals surface area contributed by atoms with Crippen LogP contribution in [0.1, 0.15) is 18.4 Å². The van der Waals surface area contributed by atoms with Gasteiger partial charge in [-0.15, -0.1) is 0 Å². The summed E-state index contributed by atoms with van der Waals surface area (Å²) >= 11 is 0. The van der Waals surface area contributed by atoms with Crippen molar-refractivity contribution in [1.29, 1.82) is 0 Å². The van der Waals surface area contributed by atoms with Crippen LogP contribution >= 0.6 is 0 Å². The summed E-state index contributed by atoms with van der Waals surface area (Å²) in [5, 5.41) is 0. The summed E-state index contributed by atoms with van der Waals surface area (Å²) in [6, 6.07) is 3.84. The number of ether oxygens (including phenoxy) is 1. The summed E-state index contributed by atoms with van der Waals surface area (Å²) < 4.78 is 5.57. The van der Waals surface area contributed by atoms with E-state index in [0.29, 0.717) is 12.4 Å². The van der Waals surface area contributed by atoms with Gasteiger partial charge in [-0.1, -0.05) is 6.07 Å². The molecule has 0 radical (unpaired) electrons. The van der Waals surface area contributed by atoms with Crippen molar-refractivity contribution in [2.45, 2.75) is 19.4 Å². The summed E-state index contributed by atoms with van der Waals surface area (Å²) in [5.41, 5.74) is 6.53. The molecule has 4 nitrogen and oxygen atoms in total. The third kappa shape index (κ3) is 3.18. The molecule has 0 bridgehead atoms. The van der Waals surface area contributed by atoms with E-state index in [4.69, 9.17) is 10.5 Å². The largest absolute Gasteiger partial charge is 0.476 e. The van der Waals surface area contributed by atoms with E-state index in [1.54, 1.807) is 6.20 Å². The monoisotopic (exact) mass is 221 g/mol. The lowest BCUT2D eigenvalue weighted by Crippen LogP contribution is -2.25. The van der Waals surface area contributed by atoms with Crippen LogP contribution in [0.15, 0.2) is 18.3 Å². The maximum absolute atomic E-state index is 5.57. The molecule has 4 heteroatoms. The molecular formula is C12H19N3O. The quantitative estimate of drug-likeness (QED) is 0.806. The van der Waals surface area contributed by atoms with Crippen molar-refractivity contribution in [3.63, 3.8) is 0 Å².